The van der Waals surface area contributed by atoms with Crippen molar-refractivity contribution in [3.63, 3.8) is 0 Å². The first-order valence-electron chi connectivity index (χ1n) is 10.6. The van der Waals surface area contributed by atoms with Gasteiger partial charge in [0.2, 0.25) is 5.91 Å². The summed E-state index contributed by atoms with van der Waals surface area (Å²) in [5.41, 5.74) is 1.97. The fraction of sp³-hybridized carbons (Fsp3) is 0.348. The Morgan fingerprint density at radius 2 is 1.73 bits per heavy atom. The molecule has 8 nitrogen and oxygen atoms in total. The second-order valence-electron chi connectivity index (χ2n) is 8.03. The normalized spacial score (nSPS) is 19.6. The molecule has 2 amide bonds. The van der Waals surface area contributed by atoms with Gasteiger partial charge < -0.3 is 24.0 Å². The molecule has 0 spiro atoms. The zero-order valence-corrected chi connectivity index (χ0v) is 17.6. The molecule has 5 rings (SSSR count). The molecule has 0 atom stereocenters. The number of alkyl halides is 2. The summed E-state index contributed by atoms with van der Waals surface area (Å²) in [4.78, 5) is 33.1. The monoisotopic (exact) mass is 457 g/mol. The molecule has 0 unspecified atom stereocenters. The lowest BCUT2D eigenvalue weighted by Crippen LogP contribution is -2.50. The van der Waals surface area contributed by atoms with Gasteiger partial charge in [0, 0.05) is 55.6 Å². The van der Waals surface area contributed by atoms with Crippen LogP contribution in [0.25, 0.3) is 6.08 Å². The van der Waals surface area contributed by atoms with Crippen LogP contribution in [0.4, 0.5) is 8.78 Å². The van der Waals surface area contributed by atoms with E-state index in [4.69, 9.17) is 4.74 Å². The molecule has 172 valence electrons. The Hall–Kier alpha value is -3.53. The summed E-state index contributed by atoms with van der Waals surface area (Å²) >= 11 is 0. The van der Waals surface area contributed by atoms with Gasteiger partial charge in [-0.25, -0.2) is 0 Å². The van der Waals surface area contributed by atoms with Crippen LogP contribution in [0.1, 0.15) is 27.5 Å². The lowest BCUT2D eigenvalue weighted by Gasteiger charge is -2.34. The van der Waals surface area contributed by atoms with Gasteiger partial charge in [0.1, 0.15) is 0 Å². The van der Waals surface area contributed by atoms with E-state index in [0.717, 1.165) is 5.69 Å². The van der Waals surface area contributed by atoms with Gasteiger partial charge in [0.05, 0.1) is 13.2 Å². The third-order valence-corrected chi connectivity index (χ3v) is 5.81. The molecule has 2 fully saturated rings. The number of ether oxygens (including phenoxy) is 3. The third kappa shape index (κ3) is 4.51. The SMILES string of the molecule is O=C(/C=C/c1ccc2c(c1)OC(F)(F)O2)N1CCN(C(=O)c2ccnc(C3COC3)c2)CC1. The quantitative estimate of drug-likeness (QED) is 0.657. The second kappa shape index (κ2) is 8.43. The molecule has 4 heterocycles. The van der Waals surface area contributed by atoms with Crippen LogP contribution >= 0.6 is 0 Å². The fourth-order valence-corrected chi connectivity index (χ4v) is 3.87. The lowest BCUT2D eigenvalue weighted by molar-refractivity contribution is -0.286. The van der Waals surface area contributed by atoms with E-state index in [9.17, 15) is 18.4 Å². The third-order valence-electron chi connectivity index (χ3n) is 5.81. The molecule has 3 aliphatic rings. The molecule has 2 saturated heterocycles. The number of pyridine rings is 1. The van der Waals surface area contributed by atoms with Gasteiger partial charge in [-0.15, -0.1) is 8.78 Å². The molecule has 0 bridgehead atoms. The standard InChI is InChI=1S/C23H21F2N3O5/c24-23(25)32-19-3-1-15(11-20(19)33-23)2-4-21(29)27-7-9-28(10-8-27)22(30)16-5-6-26-18(12-16)17-13-31-14-17/h1-6,11-12,17H,7-10,13-14H2/b4-2+. The Labute approximate surface area is 188 Å². The van der Waals surface area contributed by atoms with Crippen LogP contribution in [0.3, 0.4) is 0 Å². The minimum absolute atomic E-state index is 0.0494. The van der Waals surface area contributed by atoms with Gasteiger partial charge in [0.15, 0.2) is 11.5 Å². The number of fused-ring (bicyclic) bond motifs is 1. The zero-order chi connectivity index (χ0) is 23.0. The second-order valence-corrected chi connectivity index (χ2v) is 8.03. The summed E-state index contributed by atoms with van der Waals surface area (Å²) in [6.07, 6.45) is 0.870. The van der Waals surface area contributed by atoms with Crippen molar-refractivity contribution in [2.45, 2.75) is 12.2 Å². The fourth-order valence-electron chi connectivity index (χ4n) is 3.87. The van der Waals surface area contributed by atoms with Crippen LogP contribution < -0.4 is 9.47 Å². The van der Waals surface area contributed by atoms with Crippen LogP contribution in [0.2, 0.25) is 0 Å². The largest absolute Gasteiger partial charge is 0.586 e. The topological polar surface area (TPSA) is 81.2 Å². The summed E-state index contributed by atoms with van der Waals surface area (Å²) in [6, 6.07) is 7.83. The number of hydrogen-bond acceptors (Lipinski definition) is 6. The molecule has 0 saturated carbocycles. The molecule has 0 radical (unpaired) electrons. The van der Waals surface area contributed by atoms with E-state index in [-0.39, 0.29) is 29.2 Å². The first-order valence-corrected chi connectivity index (χ1v) is 10.6. The van der Waals surface area contributed by atoms with Crippen LogP contribution in [0, 0.1) is 0 Å². The highest BCUT2D eigenvalue weighted by Gasteiger charge is 2.43. The Balaban J connectivity index is 1.16. The molecule has 33 heavy (non-hydrogen) atoms. The summed E-state index contributed by atoms with van der Waals surface area (Å²) in [5.74, 6) is -0.197. The summed E-state index contributed by atoms with van der Waals surface area (Å²) < 4.78 is 40.3. The summed E-state index contributed by atoms with van der Waals surface area (Å²) in [6.45, 7) is 2.88. The number of carbonyl (C=O) groups excluding carboxylic acids is 2. The van der Waals surface area contributed by atoms with Crippen molar-refractivity contribution in [3.05, 3.63) is 59.4 Å². The van der Waals surface area contributed by atoms with Gasteiger partial charge in [0.25, 0.3) is 5.91 Å². The van der Waals surface area contributed by atoms with Crippen molar-refractivity contribution in [1.29, 1.82) is 0 Å². The number of halogens is 2. The van der Waals surface area contributed by atoms with Crippen molar-refractivity contribution < 1.29 is 32.6 Å². The number of amides is 2. The molecular formula is C23H21F2N3O5. The Kier molecular flexibility index (Phi) is 5.45. The van der Waals surface area contributed by atoms with E-state index in [2.05, 4.69) is 14.5 Å². The van der Waals surface area contributed by atoms with Crippen LogP contribution in [0.5, 0.6) is 11.5 Å². The molecule has 1 aromatic heterocycles. The predicted molar refractivity (Wildman–Crippen MR) is 112 cm³/mol. The first-order chi connectivity index (χ1) is 15.9. The number of aromatic nitrogens is 1. The van der Waals surface area contributed by atoms with E-state index >= 15 is 0 Å². The van der Waals surface area contributed by atoms with Crippen LogP contribution in [-0.4, -0.2) is 72.3 Å². The van der Waals surface area contributed by atoms with E-state index < -0.39 is 6.29 Å². The zero-order valence-electron chi connectivity index (χ0n) is 17.6. The van der Waals surface area contributed by atoms with E-state index in [1.807, 2.05) is 6.07 Å². The van der Waals surface area contributed by atoms with Crippen molar-refractivity contribution >= 4 is 17.9 Å². The average molecular weight is 457 g/mol. The molecule has 2 aromatic rings. The number of nitrogens with zero attached hydrogens (tertiary/aromatic N) is 3. The number of carbonyl (C=O) groups is 2. The minimum Gasteiger partial charge on any atom is -0.395 e. The highest BCUT2D eigenvalue weighted by molar-refractivity contribution is 5.95. The summed E-state index contributed by atoms with van der Waals surface area (Å²) in [7, 11) is 0. The van der Waals surface area contributed by atoms with E-state index in [1.54, 1.807) is 28.1 Å². The number of rotatable bonds is 4. The molecular weight excluding hydrogens is 436 g/mol. The van der Waals surface area contributed by atoms with Crippen molar-refractivity contribution in [3.8, 4) is 11.5 Å². The molecule has 0 N–H and O–H groups in total. The Bertz CT molecular complexity index is 1110. The minimum atomic E-state index is -3.68. The van der Waals surface area contributed by atoms with Gasteiger partial charge in [-0.2, -0.15) is 0 Å². The maximum absolute atomic E-state index is 13.1. The van der Waals surface area contributed by atoms with Gasteiger partial charge in [-0.3, -0.25) is 14.6 Å². The van der Waals surface area contributed by atoms with Crippen molar-refractivity contribution in [1.82, 2.24) is 14.8 Å². The van der Waals surface area contributed by atoms with E-state index in [0.29, 0.717) is 50.5 Å². The average Bonchev–Trinajstić information content (AvgIpc) is 3.09. The predicted octanol–water partition coefficient (Wildman–Crippen LogP) is 2.51. The van der Waals surface area contributed by atoms with Gasteiger partial charge >= 0.3 is 6.29 Å². The van der Waals surface area contributed by atoms with Crippen LogP contribution in [0.15, 0.2) is 42.6 Å². The molecule has 3 aliphatic heterocycles. The van der Waals surface area contributed by atoms with Crippen molar-refractivity contribution in [2.24, 2.45) is 0 Å². The highest BCUT2D eigenvalue weighted by Crippen LogP contribution is 2.41. The lowest BCUT2D eigenvalue weighted by atomic mass is 10.0. The van der Waals surface area contributed by atoms with Gasteiger partial charge in [-0.1, -0.05) is 6.07 Å². The number of benzene rings is 1. The Morgan fingerprint density at radius 3 is 2.45 bits per heavy atom. The van der Waals surface area contributed by atoms with Crippen molar-refractivity contribution in [2.75, 3.05) is 39.4 Å². The molecule has 10 heteroatoms. The molecule has 1 aromatic carbocycles. The maximum Gasteiger partial charge on any atom is 0.586 e. The molecule has 0 aliphatic carbocycles. The van der Waals surface area contributed by atoms with Crippen LogP contribution in [-0.2, 0) is 9.53 Å². The smallest absolute Gasteiger partial charge is 0.395 e. The van der Waals surface area contributed by atoms with Gasteiger partial charge in [-0.05, 0) is 35.9 Å². The maximum atomic E-state index is 13.1. The number of piperazine rings is 1. The van der Waals surface area contributed by atoms with E-state index in [1.165, 1.54) is 24.3 Å². The highest BCUT2D eigenvalue weighted by atomic mass is 19.3. The Morgan fingerprint density at radius 1 is 1.00 bits per heavy atom. The summed E-state index contributed by atoms with van der Waals surface area (Å²) in [5, 5.41) is 0. The number of hydrogen-bond donors (Lipinski definition) is 0. The first kappa shape index (κ1) is 21.3.